The van der Waals surface area contributed by atoms with E-state index in [1.54, 1.807) is 25.3 Å². The molecule has 0 spiro atoms. The number of carbonyl (C=O) groups is 1. The maximum atomic E-state index is 12.0. The molecule has 2 aromatic rings. The zero-order valence-electron chi connectivity index (χ0n) is 12.7. The van der Waals surface area contributed by atoms with Gasteiger partial charge in [0.1, 0.15) is 11.5 Å². The largest absolute Gasteiger partial charge is 0.495 e. The van der Waals surface area contributed by atoms with Crippen LogP contribution in [0, 0.1) is 0 Å². The first-order chi connectivity index (χ1) is 10.6. The molecule has 3 N–H and O–H groups in total. The van der Waals surface area contributed by atoms with Gasteiger partial charge in [0.2, 0.25) is 0 Å². The second-order valence-corrected chi connectivity index (χ2v) is 4.90. The molecule has 116 valence electrons. The fourth-order valence-electron chi connectivity index (χ4n) is 1.97. The fraction of sp³-hybridized carbons (Fsp3) is 0.235. The van der Waals surface area contributed by atoms with Gasteiger partial charge in [0.05, 0.1) is 12.8 Å². The predicted molar refractivity (Wildman–Crippen MR) is 86.2 cm³/mol. The van der Waals surface area contributed by atoms with E-state index in [2.05, 4.69) is 5.32 Å². The number of benzene rings is 2. The Morgan fingerprint density at radius 3 is 2.73 bits per heavy atom. The van der Waals surface area contributed by atoms with Crippen LogP contribution in [0.3, 0.4) is 0 Å². The number of anilines is 1. The molecule has 0 saturated carbocycles. The summed E-state index contributed by atoms with van der Waals surface area (Å²) in [4.78, 5) is 12.0. The van der Waals surface area contributed by atoms with Crippen molar-refractivity contribution in [3.8, 4) is 11.5 Å². The van der Waals surface area contributed by atoms with E-state index in [1.165, 1.54) is 0 Å². The highest BCUT2D eigenvalue weighted by Gasteiger charge is 2.08. The van der Waals surface area contributed by atoms with Gasteiger partial charge in [-0.1, -0.05) is 24.3 Å². The third-order valence-electron chi connectivity index (χ3n) is 3.13. The number of nitrogens with two attached hydrogens (primary N) is 1. The van der Waals surface area contributed by atoms with E-state index >= 15 is 0 Å². The lowest BCUT2D eigenvalue weighted by molar-refractivity contribution is -0.118. The lowest BCUT2D eigenvalue weighted by Crippen LogP contribution is -2.20. The van der Waals surface area contributed by atoms with Crippen molar-refractivity contribution in [1.29, 1.82) is 0 Å². The van der Waals surface area contributed by atoms with Crippen LogP contribution in [0.5, 0.6) is 11.5 Å². The molecule has 1 unspecified atom stereocenters. The Morgan fingerprint density at radius 2 is 2.00 bits per heavy atom. The third-order valence-corrected chi connectivity index (χ3v) is 3.13. The number of amides is 1. The minimum absolute atomic E-state index is 0.0778. The van der Waals surface area contributed by atoms with E-state index in [9.17, 15) is 4.79 Å². The molecular formula is C17H20N2O3. The number of carbonyl (C=O) groups excluding carboxylic acids is 1. The average molecular weight is 300 g/mol. The number of hydrogen-bond donors (Lipinski definition) is 2. The van der Waals surface area contributed by atoms with Crippen molar-refractivity contribution in [3.05, 3.63) is 54.1 Å². The zero-order chi connectivity index (χ0) is 15.9. The molecule has 2 rings (SSSR count). The van der Waals surface area contributed by atoms with Crippen molar-refractivity contribution < 1.29 is 14.3 Å². The van der Waals surface area contributed by atoms with Gasteiger partial charge in [-0.25, -0.2) is 0 Å². The summed E-state index contributed by atoms with van der Waals surface area (Å²) in [6, 6.07) is 14.5. The van der Waals surface area contributed by atoms with Gasteiger partial charge in [0, 0.05) is 6.04 Å². The van der Waals surface area contributed by atoms with E-state index in [4.69, 9.17) is 15.2 Å². The molecule has 0 heterocycles. The van der Waals surface area contributed by atoms with Gasteiger partial charge >= 0.3 is 0 Å². The maximum Gasteiger partial charge on any atom is 0.262 e. The Morgan fingerprint density at radius 1 is 1.23 bits per heavy atom. The van der Waals surface area contributed by atoms with Gasteiger partial charge in [0.25, 0.3) is 5.91 Å². The minimum Gasteiger partial charge on any atom is -0.495 e. The van der Waals surface area contributed by atoms with Crippen LogP contribution in [-0.4, -0.2) is 19.6 Å². The molecule has 0 aliphatic rings. The summed E-state index contributed by atoms with van der Waals surface area (Å²) >= 11 is 0. The molecule has 1 atom stereocenters. The Balaban J connectivity index is 1.94. The topological polar surface area (TPSA) is 73.6 Å². The summed E-state index contributed by atoms with van der Waals surface area (Å²) in [5.41, 5.74) is 7.40. The van der Waals surface area contributed by atoms with Crippen molar-refractivity contribution in [2.75, 3.05) is 19.0 Å². The molecule has 0 bridgehead atoms. The molecule has 0 aromatic heterocycles. The van der Waals surface area contributed by atoms with Crippen molar-refractivity contribution in [2.45, 2.75) is 13.0 Å². The van der Waals surface area contributed by atoms with Gasteiger partial charge in [-0.3, -0.25) is 4.79 Å². The molecule has 1 amide bonds. The van der Waals surface area contributed by atoms with Gasteiger partial charge in [-0.2, -0.15) is 0 Å². The normalized spacial score (nSPS) is 11.6. The molecular weight excluding hydrogens is 280 g/mol. The van der Waals surface area contributed by atoms with Crippen LogP contribution in [0.25, 0.3) is 0 Å². The van der Waals surface area contributed by atoms with Crippen LogP contribution >= 0.6 is 0 Å². The summed E-state index contributed by atoms with van der Waals surface area (Å²) in [6.07, 6.45) is 0. The van der Waals surface area contributed by atoms with Crippen LogP contribution in [-0.2, 0) is 4.79 Å². The SMILES string of the molecule is COc1ccccc1NC(=O)COc1cccc(C(C)N)c1. The number of para-hydroxylation sites is 2. The second kappa shape index (κ2) is 7.47. The Kier molecular flexibility index (Phi) is 5.38. The highest BCUT2D eigenvalue weighted by molar-refractivity contribution is 5.93. The first kappa shape index (κ1) is 15.9. The molecule has 0 radical (unpaired) electrons. The van der Waals surface area contributed by atoms with E-state index in [0.717, 1.165) is 5.56 Å². The molecule has 2 aromatic carbocycles. The lowest BCUT2D eigenvalue weighted by Gasteiger charge is -2.12. The number of nitrogens with one attached hydrogen (secondary N) is 1. The van der Waals surface area contributed by atoms with Crippen molar-refractivity contribution in [1.82, 2.24) is 0 Å². The number of ether oxygens (including phenoxy) is 2. The minimum atomic E-state index is -0.254. The second-order valence-electron chi connectivity index (χ2n) is 4.90. The van der Waals surface area contributed by atoms with Crippen LogP contribution in [0.15, 0.2) is 48.5 Å². The highest BCUT2D eigenvalue weighted by Crippen LogP contribution is 2.23. The van der Waals surface area contributed by atoms with Gasteiger partial charge in [0.15, 0.2) is 6.61 Å². The first-order valence-corrected chi connectivity index (χ1v) is 7.01. The summed E-state index contributed by atoms with van der Waals surface area (Å²) < 4.78 is 10.7. The number of rotatable bonds is 6. The predicted octanol–water partition coefficient (Wildman–Crippen LogP) is 2.73. The molecule has 5 heteroatoms. The molecule has 0 aliphatic heterocycles. The quantitative estimate of drug-likeness (QED) is 0.860. The van der Waals surface area contributed by atoms with Gasteiger partial charge < -0.3 is 20.5 Å². The maximum absolute atomic E-state index is 12.0. The molecule has 0 fully saturated rings. The van der Waals surface area contributed by atoms with Crippen LogP contribution in [0.2, 0.25) is 0 Å². The number of hydrogen-bond acceptors (Lipinski definition) is 4. The van der Waals surface area contributed by atoms with Gasteiger partial charge in [-0.05, 0) is 36.8 Å². The smallest absolute Gasteiger partial charge is 0.262 e. The van der Waals surface area contributed by atoms with Crippen molar-refractivity contribution >= 4 is 11.6 Å². The highest BCUT2D eigenvalue weighted by atomic mass is 16.5. The van der Waals surface area contributed by atoms with E-state index < -0.39 is 0 Å². The van der Waals surface area contributed by atoms with Gasteiger partial charge in [-0.15, -0.1) is 0 Å². The summed E-state index contributed by atoms with van der Waals surface area (Å²) in [6.45, 7) is 1.81. The summed E-state index contributed by atoms with van der Waals surface area (Å²) in [5.74, 6) is 0.968. The average Bonchev–Trinajstić information content (AvgIpc) is 2.53. The van der Waals surface area contributed by atoms with Crippen molar-refractivity contribution in [2.24, 2.45) is 5.73 Å². The molecule has 0 saturated heterocycles. The van der Waals surface area contributed by atoms with Crippen LogP contribution in [0.4, 0.5) is 5.69 Å². The Bertz CT molecular complexity index is 641. The standard InChI is InChI=1S/C17H20N2O3/c1-12(18)13-6-5-7-14(10-13)22-11-17(20)19-15-8-3-4-9-16(15)21-2/h3-10,12H,11,18H2,1-2H3,(H,19,20). The zero-order valence-corrected chi connectivity index (χ0v) is 12.7. The summed E-state index contributed by atoms with van der Waals surface area (Å²) in [7, 11) is 1.56. The fourth-order valence-corrected chi connectivity index (χ4v) is 1.97. The van der Waals surface area contributed by atoms with E-state index in [-0.39, 0.29) is 18.6 Å². The number of methoxy groups -OCH3 is 1. The molecule has 22 heavy (non-hydrogen) atoms. The van der Waals surface area contributed by atoms with E-state index in [0.29, 0.717) is 17.2 Å². The van der Waals surface area contributed by atoms with E-state index in [1.807, 2.05) is 37.3 Å². The molecule has 0 aliphatic carbocycles. The Hall–Kier alpha value is -2.53. The summed E-state index contributed by atoms with van der Waals surface area (Å²) in [5, 5.41) is 2.76. The monoisotopic (exact) mass is 300 g/mol. The van der Waals surface area contributed by atoms with Crippen LogP contribution in [0.1, 0.15) is 18.5 Å². The first-order valence-electron chi connectivity index (χ1n) is 7.01. The van der Waals surface area contributed by atoms with Crippen molar-refractivity contribution in [3.63, 3.8) is 0 Å². The molecule has 5 nitrogen and oxygen atoms in total. The lowest BCUT2D eigenvalue weighted by atomic mass is 10.1. The third kappa shape index (κ3) is 4.23. The van der Waals surface area contributed by atoms with Crippen LogP contribution < -0.4 is 20.5 Å². The Labute approximate surface area is 130 Å².